The number of nitrogens with two attached hydrogens (primary N) is 1. The van der Waals surface area contributed by atoms with Crippen LogP contribution in [0.25, 0.3) is 0 Å². The fourth-order valence-electron chi connectivity index (χ4n) is 3.74. The van der Waals surface area contributed by atoms with Gasteiger partial charge in [-0.25, -0.2) is 9.59 Å². The first-order valence-electron chi connectivity index (χ1n) is 12.8. The number of ether oxygens (including phenoxy) is 2. The number of unbranched alkanes of at least 4 members (excludes halogenated alkanes) is 1. The molecule has 0 bridgehead atoms. The lowest BCUT2D eigenvalue weighted by Gasteiger charge is -2.20. The Morgan fingerprint density at radius 3 is 1.82 bits per heavy atom. The molecule has 0 saturated heterocycles. The van der Waals surface area contributed by atoms with Crippen LogP contribution in [0.4, 0.5) is 4.79 Å². The van der Waals surface area contributed by atoms with Gasteiger partial charge in [0, 0.05) is 13.0 Å². The van der Waals surface area contributed by atoms with Crippen LogP contribution in [-0.4, -0.2) is 36.6 Å². The second-order valence-electron chi connectivity index (χ2n) is 8.93. The summed E-state index contributed by atoms with van der Waals surface area (Å²) in [5, 5.41) is 5.46. The molecule has 0 aliphatic rings. The van der Waals surface area contributed by atoms with Crippen LogP contribution in [0.5, 0.6) is 0 Å². The van der Waals surface area contributed by atoms with Crippen LogP contribution >= 0.6 is 0 Å². The van der Waals surface area contributed by atoms with Crippen LogP contribution in [0.2, 0.25) is 0 Å². The van der Waals surface area contributed by atoms with Crippen molar-refractivity contribution in [2.75, 3.05) is 6.54 Å². The van der Waals surface area contributed by atoms with E-state index in [1.165, 1.54) is 0 Å². The maximum atomic E-state index is 12.9. The molecule has 0 saturated carbocycles. The minimum absolute atomic E-state index is 0.119. The van der Waals surface area contributed by atoms with Crippen molar-refractivity contribution in [1.82, 2.24) is 10.6 Å². The van der Waals surface area contributed by atoms with Crippen LogP contribution < -0.4 is 16.4 Å². The first-order chi connectivity index (χ1) is 18.5. The average molecular weight is 518 g/mol. The minimum atomic E-state index is -0.860. The molecular weight excluding hydrogens is 482 g/mol. The minimum Gasteiger partial charge on any atom is -0.459 e. The van der Waals surface area contributed by atoms with Crippen molar-refractivity contribution in [3.05, 3.63) is 108 Å². The van der Waals surface area contributed by atoms with E-state index < -0.39 is 30.1 Å². The van der Waals surface area contributed by atoms with E-state index in [1.54, 1.807) is 0 Å². The van der Waals surface area contributed by atoms with Gasteiger partial charge >= 0.3 is 12.1 Å². The van der Waals surface area contributed by atoms with Gasteiger partial charge in [0.05, 0.1) is 6.04 Å². The number of esters is 1. The van der Waals surface area contributed by atoms with Crippen molar-refractivity contribution in [3.63, 3.8) is 0 Å². The molecule has 3 aromatic rings. The third-order valence-electron chi connectivity index (χ3n) is 5.87. The molecule has 0 fully saturated rings. The maximum Gasteiger partial charge on any atom is 0.407 e. The summed E-state index contributed by atoms with van der Waals surface area (Å²) >= 11 is 0. The van der Waals surface area contributed by atoms with Crippen molar-refractivity contribution < 1.29 is 23.9 Å². The van der Waals surface area contributed by atoms with Crippen molar-refractivity contribution >= 4 is 18.0 Å². The molecule has 2 atom stereocenters. The Bertz CT molecular complexity index is 1130. The number of hydrogen-bond donors (Lipinski definition) is 3. The lowest BCUT2D eigenvalue weighted by Crippen LogP contribution is -2.49. The van der Waals surface area contributed by atoms with E-state index >= 15 is 0 Å². The number of hydrogen-bond acceptors (Lipinski definition) is 6. The number of carbonyl (C=O) groups is 3. The van der Waals surface area contributed by atoms with E-state index in [4.69, 9.17) is 15.2 Å². The fraction of sp³-hybridized carbons (Fsp3) is 0.300. The normalized spacial score (nSPS) is 12.1. The Morgan fingerprint density at radius 1 is 0.711 bits per heavy atom. The molecule has 3 rings (SSSR count). The van der Waals surface area contributed by atoms with Gasteiger partial charge in [0.25, 0.3) is 0 Å². The molecule has 8 heteroatoms. The fourth-order valence-corrected chi connectivity index (χ4v) is 3.74. The van der Waals surface area contributed by atoms with Crippen LogP contribution in [0.1, 0.15) is 36.0 Å². The van der Waals surface area contributed by atoms with Gasteiger partial charge in [-0.05, 0) is 36.0 Å². The van der Waals surface area contributed by atoms with Gasteiger partial charge in [-0.2, -0.15) is 0 Å². The van der Waals surface area contributed by atoms with Gasteiger partial charge in [-0.15, -0.1) is 0 Å². The zero-order valence-electron chi connectivity index (χ0n) is 21.4. The van der Waals surface area contributed by atoms with Gasteiger partial charge in [0.2, 0.25) is 5.91 Å². The Morgan fingerprint density at radius 2 is 1.24 bits per heavy atom. The summed E-state index contributed by atoms with van der Waals surface area (Å²) < 4.78 is 10.7. The highest BCUT2D eigenvalue weighted by Crippen LogP contribution is 2.09. The topological polar surface area (TPSA) is 120 Å². The zero-order valence-corrected chi connectivity index (χ0v) is 21.4. The third-order valence-corrected chi connectivity index (χ3v) is 5.87. The van der Waals surface area contributed by atoms with Crippen molar-refractivity contribution in [1.29, 1.82) is 0 Å². The van der Waals surface area contributed by atoms with Crippen molar-refractivity contribution in [3.8, 4) is 0 Å². The van der Waals surface area contributed by atoms with E-state index in [2.05, 4.69) is 10.6 Å². The first-order valence-corrected chi connectivity index (χ1v) is 12.8. The van der Waals surface area contributed by atoms with Crippen LogP contribution in [0.15, 0.2) is 91.0 Å². The predicted molar refractivity (Wildman–Crippen MR) is 145 cm³/mol. The molecule has 0 unspecified atom stereocenters. The van der Waals surface area contributed by atoms with Gasteiger partial charge < -0.3 is 25.8 Å². The molecule has 4 N–H and O–H groups in total. The summed E-state index contributed by atoms with van der Waals surface area (Å²) in [6, 6.07) is 26.6. The molecule has 8 nitrogen and oxygen atoms in total. The quantitative estimate of drug-likeness (QED) is 0.221. The summed E-state index contributed by atoms with van der Waals surface area (Å²) in [5.74, 6) is -0.936. The largest absolute Gasteiger partial charge is 0.459 e. The van der Waals surface area contributed by atoms with E-state index in [-0.39, 0.29) is 13.2 Å². The number of rotatable bonds is 14. The van der Waals surface area contributed by atoms with Crippen LogP contribution in [0.3, 0.4) is 0 Å². The molecule has 0 heterocycles. The van der Waals surface area contributed by atoms with E-state index in [0.29, 0.717) is 32.2 Å². The molecule has 0 spiro atoms. The molecule has 0 aliphatic heterocycles. The Balaban J connectivity index is 1.40. The van der Waals surface area contributed by atoms with E-state index in [0.717, 1.165) is 16.7 Å². The zero-order chi connectivity index (χ0) is 27.0. The second-order valence-corrected chi connectivity index (χ2v) is 8.93. The smallest absolute Gasteiger partial charge is 0.407 e. The molecule has 0 aromatic heterocycles. The Labute approximate surface area is 223 Å². The molecule has 0 radical (unpaired) electrons. The molecule has 0 aliphatic carbocycles. The molecule has 2 amide bonds. The lowest BCUT2D eigenvalue weighted by molar-refractivity contribution is -0.149. The van der Waals surface area contributed by atoms with E-state index in [9.17, 15) is 14.4 Å². The number of nitrogens with one attached hydrogen (secondary N) is 2. The first kappa shape index (κ1) is 28.4. The van der Waals surface area contributed by atoms with Crippen LogP contribution in [-0.2, 0) is 38.7 Å². The van der Waals surface area contributed by atoms with Crippen LogP contribution in [0, 0.1) is 0 Å². The summed E-state index contributed by atoms with van der Waals surface area (Å²) in [4.78, 5) is 37.5. The highest BCUT2D eigenvalue weighted by Gasteiger charge is 2.25. The average Bonchev–Trinajstić information content (AvgIpc) is 2.95. The summed E-state index contributed by atoms with van der Waals surface area (Å²) in [6.07, 6.45) is 1.46. The molecule has 200 valence electrons. The molecular formula is C30H35N3O5. The Hall–Kier alpha value is -4.17. The highest BCUT2D eigenvalue weighted by molar-refractivity contribution is 5.87. The maximum absolute atomic E-state index is 12.9. The summed E-state index contributed by atoms with van der Waals surface area (Å²) in [6.45, 7) is 0.730. The number of carbonyl (C=O) groups excluding carboxylic acids is 3. The molecule has 38 heavy (non-hydrogen) atoms. The lowest BCUT2D eigenvalue weighted by atomic mass is 10.0. The summed E-state index contributed by atoms with van der Waals surface area (Å²) in [7, 11) is 0. The highest BCUT2D eigenvalue weighted by atomic mass is 16.5. The van der Waals surface area contributed by atoms with Gasteiger partial charge in [0.15, 0.2) is 0 Å². The Kier molecular flexibility index (Phi) is 11.8. The van der Waals surface area contributed by atoms with E-state index in [1.807, 2.05) is 91.0 Å². The number of alkyl carbamates (subject to hydrolysis) is 1. The second kappa shape index (κ2) is 15.8. The molecule has 3 aromatic carbocycles. The van der Waals surface area contributed by atoms with Gasteiger partial charge in [-0.3, -0.25) is 4.79 Å². The monoisotopic (exact) mass is 517 g/mol. The van der Waals surface area contributed by atoms with Gasteiger partial charge in [0.1, 0.15) is 19.3 Å². The predicted octanol–water partition coefficient (Wildman–Crippen LogP) is 3.88. The van der Waals surface area contributed by atoms with Crippen molar-refractivity contribution in [2.45, 2.75) is 51.0 Å². The summed E-state index contributed by atoms with van der Waals surface area (Å²) in [5.41, 5.74) is 8.77. The van der Waals surface area contributed by atoms with Crippen molar-refractivity contribution in [2.24, 2.45) is 5.73 Å². The number of amides is 2. The number of benzene rings is 3. The SMILES string of the molecule is N[C@@H](CCCCNC(=O)OCc1ccccc1)C(=O)N[C@@H](Cc1ccccc1)C(=O)OCc1ccccc1. The van der Waals surface area contributed by atoms with Gasteiger partial charge in [-0.1, -0.05) is 91.0 Å². The standard InChI is InChI=1S/C30H35N3O5/c31-26(18-10-11-19-32-30(36)38-22-25-16-8-3-9-17-25)28(34)33-27(20-23-12-4-1-5-13-23)29(35)37-21-24-14-6-2-7-15-24/h1-9,12-17,26-27H,10-11,18-22,31H2,(H,32,36)(H,33,34)/t26-,27-/m0/s1. The third kappa shape index (κ3) is 10.4.